The molecule has 0 spiro atoms. The molecule has 0 aromatic heterocycles. The van der Waals surface area contributed by atoms with Gasteiger partial charge in [-0.1, -0.05) is 57.9 Å². The molecule has 0 saturated carbocycles. The number of likely N-dealkylation sites (tertiary alicyclic amines) is 1. The van der Waals surface area contributed by atoms with Crippen LogP contribution in [0.4, 0.5) is 0 Å². The molecular formula is C23H41NO2. The molecule has 0 aromatic carbocycles. The Morgan fingerprint density at radius 1 is 0.769 bits per heavy atom. The molecule has 0 aliphatic carbocycles. The molecule has 1 rings (SSSR count). The normalized spacial score (nSPS) is 14.9. The third-order valence-corrected chi connectivity index (χ3v) is 5.31. The van der Waals surface area contributed by atoms with E-state index in [0.29, 0.717) is 5.78 Å². The lowest BCUT2D eigenvalue weighted by molar-refractivity contribution is -0.126. The first-order valence-corrected chi connectivity index (χ1v) is 11.2. The fraction of sp³-hybridized carbons (Fsp3) is 0.826. The Hall–Kier alpha value is -1.12. The van der Waals surface area contributed by atoms with E-state index in [1.807, 2.05) is 11.0 Å². The Labute approximate surface area is 161 Å². The van der Waals surface area contributed by atoms with Crippen molar-refractivity contribution in [1.29, 1.82) is 0 Å². The summed E-state index contributed by atoms with van der Waals surface area (Å²) < 4.78 is 0. The number of amides is 1. The second-order valence-corrected chi connectivity index (χ2v) is 7.80. The highest BCUT2D eigenvalue weighted by atomic mass is 16.2. The Kier molecular flexibility index (Phi) is 14.2. The summed E-state index contributed by atoms with van der Waals surface area (Å²) in [5.41, 5.74) is 0. The van der Waals surface area contributed by atoms with E-state index in [2.05, 4.69) is 6.92 Å². The third kappa shape index (κ3) is 12.3. The lowest BCUT2D eigenvalue weighted by Crippen LogP contribution is -2.34. The number of allylic oxidation sites excluding steroid dienone is 1. The van der Waals surface area contributed by atoms with Crippen LogP contribution in [0.3, 0.4) is 0 Å². The van der Waals surface area contributed by atoms with Crippen molar-refractivity contribution >= 4 is 11.7 Å². The van der Waals surface area contributed by atoms with Crippen molar-refractivity contribution in [1.82, 2.24) is 4.90 Å². The molecule has 0 aromatic rings. The predicted octanol–water partition coefficient (Wildman–Crippen LogP) is 6.22. The van der Waals surface area contributed by atoms with Crippen LogP contribution >= 0.6 is 0 Å². The number of piperidine rings is 1. The van der Waals surface area contributed by atoms with Gasteiger partial charge >= 0.3 is 0 Å². The van der Waals surface area contributed by atoms with Gasteiger partial charge in [-0.15, -0.1) is 0 Å². The minimum Gasteiger partial charge on any atom is -0.339 e. The highest BCUT2D eigenvalue weighted by Crippen LogP contribution is 2.12. The molecule has 1 amide bonds. The van der Waals surface area contributed by atoms with Gasteiger partial charge in [0, 0.05) is 25.9 Å². The minimum absolute atomic E-state index is 0.198. The van der Waals surface area contributed by atoms with Crippen molar-refractivity contribution in [2.24, 2.45) is 0 Å². The number of Topliss-reactive ketones (excluding diaryl/α,β-unsaturated/α-hetero) is 1. The maximum atomic E-state index is 12.0. The maximum Gasteiger partial charge on any atom is 0.246 e. The summed E-state index contributed by atoms with van der Waals surface area (Å²) in [6.45, 7) is 4.07. The molecular weight excluding hydrogens is 322 g/mol. The Bertz CT molecular complexity index is 397. The van der Waals surface area contributed by atoms with E-state index in [9.17, 15) is 9.59 Å². The van der Waals surface area contributed by atoms with Crippen LogP contribution in [-0.4, -0.2) is 29.7 Å². The molecule has 1 fully saturated rings. The summed E-state index contributed by atoms with van der Waals surface area (Å²) in [6, 6.07) is 0. The van der Waals surface area contributed by atoms with Gasteiger partial charge in [0.2, 0.25) is 5.91 Å². The predicted molar refractivity (Wildman–Crippen MR) is 110 cm³/mol. The number of carbonyl (C=O) groups is 2. The lowest BCUT2D eigenvalue weighted by atomic mass is 10.0. The van der Waals surface area contributed by atoms with Crippen molar-refractivity contribution in [2.75, 3.05) is 13.1 Å². The van der Waals surface area contributed by atoms with E-state index in [-0.39, 0.29) is 5.91 Å². The topological polar surface area (TPSA) is 37.4 Å². The van der Waals surface area contributed by atoms with Gasteiger partial charge in [0.25, 0.3) is 0 Å². The molecule has 1 aliphatic rings. The number of hydrogen-bond acceptors (Lipinski definition) is 2. The number of unbranched alkanes of at least 4 members (excludes halogenated alkanes) is 9. The number of nitrogens with zero attached hydrogens (tertiary/aromatic N) is 1. The first-order valence-electron chi connectivity index (χ1n) is 11.2. The lowest BCUT2D eigenvalue weighted by Gasteiger charge is -2.25. The zero-order chi connectivity index (χ0) is 18.9. The summed E-state index contributed by atoms with van der Waals surface area (Å²) in [7, 11) is 0. The molecule has 0 radical (unpaired) electrons. The largest absolute Gasteiger partial charge is 0.339 e. The zero-order valence-corrected chi connectivity index (χ0v) is 17.1. The smallest absolute Gasteiger partial charge is 0.246 e. The number of hydrogen-bond donors (Lipinski definition) is 0. The molecule has 1 heterocycles. The molecule has 0 N–H and O–H groups in total. The Morgan fingerprint density at radius 2 is 1.35 bits per heavy atom. The van der Waals surface area contributed by atoms with E-state index in [1.54, 1.807) is 6.08 Å². The molecule has 0 atom stereocenters. The van der Waals surface area contributed by atoms with Crippen LogP contribution in [-0.2, 0) is 9.59 Å². The standard InChI is InChI=1S/C23H41NO2/c1-2-3-4-12-17-22(25)18-13-9-7-5-6-8-10-14-19-23(26)24-20-15-11-16-21-24/h14,19H,2-13,15-18,20-21H2,1H3. The highest BCUT2D eigenvalue weighted by Gasteiger charge is 2.13. The molecule has 26 heavy (non-hydrogen) atoms. The molecule has 0 bridgehead atoms. The second-order valence-electron chi connectivity index (χ2n) is 7.80. The van der Waals surface area contributed by atoms with E-state index in [1.165, 1.54) is 57.8 Å². The van der Waals surface area contributed by atoms with Crippen molar-refractivity contribution in [3.05, 3.63) is 12.2 Å². The first kappa shape index (κ1) is 22.9. The van der Waals surface area contributed by atoms with E-state index < -0.39 is 0 Å². The van der Waals surface area contributed by atoms with E-state index in [4.69, 9.17) is 0 Å². The van der Waals surface area contributed by atoms with Crippen LogP contribution in [0.25, 0.3) is 0 Å². The summed E-state index contributed by atoms with van der Waals surface area (Å²) >= 11 is 0. The number of ketones is 1. The second kappa shape index (κ2) is 16.1. The average Bonchev–Trinajstić information content (AvgIpc) is 2.67. The van der Waals surface area contributed by atoms with Gasteiger partial charge in [-0.3, -0.25) is 9.59 Å². The zero-order valence-electron chi connectivity index (χ0n) is 17.1. The molecule has 3 heteroatoms. The molecule has 0 unspecified atom stereocenters. The van der Waals surface area contributed by atoms with E-state index >= 15 is 0 Å². The van der Waals surface area contributed by atoms with Crippen LogP contribution in [0, 0.1) is 0 Å². The summed E-state index contributed by atoms with van der Waals surface area (Å²) in [4.78, 5) is 25.7. The van der Waals surface area contributed by atoms with Gasteiger partial charge in [0.1, 0.15) is 5.78 Å². The summed E-state index contributed by atoms with van der Waals surface area (Å²) in [5, 5.41) is 0. The molecule has 1 aliphatic heterocycles. The average molecular weight is 364 g/mol. The van der Waals surface area contributed by atoms with Crippen LogP contribution in [0.5, 0.6) is 0 Å². The monoisotopic (exact) mass is 363 g/mol. The quantitative estimate of drug-likeness (QED) is 0.256. The summed E-state index contributed by atoms with van der Waals surface area (Å²) in [5.74, 6) is 0.661. The minimum atomic E-state index is 0.198. The Morgan fingerprint density at radius 3 is 2.00 bits per heavy atom. The van der Waals surface area contributed by atoms with Crippen LogP contribution in [0.2, 0.25) is 0 Å². The Balaban J connectivity index is 1.86. The van der Waals surface area contributed by atoms with Gasteiger partial charge in [-0.2, -0.15) is 0 Å². The van der Waals surface area contributed by atoms with Crippen LogP contribution in [0.1, 0.15) is 110 Å². The van der Waals surface area contributed by atoms with Gasteiger partial charge < -0.3 is 4.90 Å². The molecule has 3 nitrogen and oxygen atoms in total. The van der Waals surface area contributed by atoms with Crippen molar-refractivity contribution in [3.8, 4) is 0 Å². The van der Waals surface area contributed by atoms with E-state index in [0.717, 1.165) is 58.0 Å². The van der Waals surface area contributed by atoms with Crippen molar-refractivity contribution < 1.29 is 9.59 Å². The van der Waals surface area contributed by atoms with Gasteiger partial charge in [0.15, 0.2) is 0 Å². The maximum absolute atomic E-state index is 12.0. The summed E-state index contributed by atoms with van der Waals surface area (Å²) in [6.07, 6.45) is 21.9. The van der Waals surface area contributed by atoms with Crippen molar-refractivity contribution in [3.63, 3.8) is 0 Å². The fourth-order valence-electron chi connectivity index (χ4n) is 3.57. The number of rotatable bonds is 15. The van der Waals surface area contributed by atoms with Crippen LogP contribution in [0.15, 0.2) is 12.2 Å². The molecule has 1 saturated heterocycles. The fourth-order valence-corrected chi connectivity index (χ4v) is 3.57. The molecule has 150 valence electrons. The van der Waals surface area contributed by atoms with Crippen molar-refractivity contribution in [2.45, 2.75) is 110 Å². The third-order valence-electron chi connectivity index (χ3n) is 5.31. The highest BCUT2D eigenvalue weighted by molar-refractivity contribution is 5.87. The van der Waals surface area contributed by atoms with Gasteiger partial charge in [-0.25, -0.2) is 0 Å². The van der Waals surface area contributed by atoms with Gasteiger partial charge in [0.05, 0.1) is 0 Å². The SMILES string of the molecule is CCCCCCC(=O)CCCCCCCCC=CC(=O)N1CCCCC1. The number of carbonyl (C=O) groups excluding carboxylic acids is 2. The van der Waals surface area contributed by atoms with Crippen LogP contribution < -0.4 is 0 Å². The van der Waals surface area contributed by atoms with Gasteiger partial charge in [-0.05, 0) is 51.0 Å². The first-order chi connectivity index (χ1) is 12.7.